The Bertz CT molecular complexity index is 679. The van der Waals surface area contributed by atoms with Crippen LogP contribution >= 0.6 is 0 Å². The third-order valence-corrected chi connectivity index (χ3v) is 4.14. The van der Waals surface area contributed by atoms with Gasteiger partial charge in [0, 0.05) is 25.2 Å². The third kappa shape index (κ3) is 4.85. The maximum absolute atomic E-state index is 12.3. The molecule has 4 N–H and O–H groups in total. The number of piperazine rings is 1. The third-order valence-electron chi connectivity index (χ3n) is 4.14. The highest BCUT2D eigenvalue weighted by Crippen LogP contribution is 2.32. The van der Waals surface area contributed by atoms with Gasteiger partial charge in [-0.1, -0.05) is 12.1 Å². The van der Waals surface area contributed by atoms with Crippen LogP contribution < -0.4 is 25.8 Å². The first-order valence-electron chi connectivity index (χ1n) is 8.23. The minimum absolute atomic E-state index is 0.0641. The molecule has 0 aliphatic carbocycles. The van der Waals surface area contributed by atoms with Gasteiger partial charge in [0.15, 0.2) is 11.5 Å². The number of nitrogens with two attached hydrogens (primary N) is 1. The van der Waals surface area contributed by atoms with Gasteiger partial charge in [-0.05, 0) is 6.07 Å². The van der Waals surface area contributed by atoms with E-state index < -0.39 is 17.9 Å². The maximum atomic E-state index is 12.3. The summed E-state index contributed by atoms with van der Waals surface area (Å²) in [6, 6.07) is 4.88. The van der Waals surface area contributed by atoms with Crippen molar-refractivity contribution < 1.29 is 23.9 Å². The van der Waals surface area contributed by atoms with E-state index >= 15 is 0 Å². The van der Waals surface area contributed by atoms with E-state index in [0.717, 1.165) is 5.56 Å². The molecule has 1 heterocycles. The highest BCUT2D eigenvalue weighted by molar-refractivity contribution is 5.90. The molecule has 0 spiro atoms. The number of hydrogen-bond donors (Lipinski definition) is 3. The molecule has 1 aliphatic rings. The first-order chi connectivity index (χ1) is 12.5. The van der Waals surface area contributed by atoms with Gasteiger partial charge in [0.2, 0.25) is 17.7 Å². The van der Waals surface area contributed by atoms with E-state index in [1.165, 1.54) is 0 Å². The van der Waals surface area contributed by atoms with Crippen molar-refractivity contribution in [3.63, 3.8) is 0 Å². The largest absolute Gasteiger partial charge is 0.493 e. The van der Waals surface area contributed by atoms with Crippen LogP contribution in [0.4, 0.5) is 0 Å². The normalized spacial score (nSPS) is 17.3. The number of amides is 3. The fourth-order valence-electron chi connectivity index (χ4n) is 2.90. The number of primary amides is 1. The van der Waals surface area contributed by atoms with Gasteiger partial charge >= 0.3 is 0 Å². The fourth-order valence-corrected chi connectivity index (χ4v) is 2.90. The standard InChI is InChI=1S/C17H24N4O5/c1-25-13-5-3-4-11(16(13)26-2)10-21-7-6-19-17(24)12(21)8-15(23)20-9-14(18)22/h3-5,12H,6-10H2,1-2H3,(H2,18,22)(H,19,24)(H,20,23)/t12-/m0/s1. The van der Waals surface area contributed by atoms with E-state index in [1.54, 1.807) is 20.3 Å². The average Bonchev–Trinajstić information content (AvgIpc) is 2.62. The minimum atomic E-state index is -0.646. The molecule has 3 amide bonds. The topological polar surface area (TPSA) is 123 Å². The van der Waals surface area contributed by atoms with Gasteiger partial charge in [0.25, 0.3) is 0 Å². The molecule has 1 aliphatic heterocycles. The summed E-state index contributed by atoms with van der Waals surface area (Å²) in [5.74, 6) is -0.0784. The summed E-state index contributed by atoms with van der Waals surface area (Å²) in [6.07, 6.45) is -0.0641. The summed E-state index contributed by atoms with van der Waals surface area (Å²) < 4.78 is 10.7. The summed E-state index contributed by atoms with van der Waals surface area (Å²) in [6.45, 7) is 1.24. The van der Waals surface area contributed by atoms with E-state index in [-0.39, 0.29) is 18.9 Å². The number of nitrogens with one attached hydrogen (secondary N) is 2. The summed E-state index contributed by atoms with van der Waals surface area (Å²) in [5.41, 5.74) is 5.87. The predicted molar refractivity (Wildman–Crippen MR) is 93.6 cm³/mol. The van der Waals surface area contributed by atoms with Crippen LogP contribution in [-0.2, 0) is 20.9 Å². The van der Waals surface area contributed by atoms with Crippen molar-refractivity contribution in [3.8, 4) is 11.5 Å². The highest BCUT2D eigenvalue weighted by atomic mass is 16.5. The quantitative estimate of drug-likeness (QED) is 0.543. The Kier molecular flexibility index (Phi) is 6.79. The second-order valence-corrected chi connectivity index (χ2v) is 5.88. The predicted octanol–water partition coefficient (Wildman–Crippen LogP) is -1.00. The lowest BCUT2D eigenvalue weighted by atomic mass is 10.1. The van der Waals surface area contributed by atoms with E-state index in [0.29, 0.717) is 31.1 Å². The Morgan fingerprint density at radius 3 is 2.77 bits per heavy atom. The molecule has 26 heavy (non-hydrogen) atoms. The first kappa shape index (κ1) is 19.5. The van der Waals surface area contributed by atoms with Crippen LogP contribution in [0, 0.1) is 0 Å². The lowest BCUT2D eigenvalue weighted by Gasteiger charge is -2.35. The Morgan fingerprint density at radius 2 is 2.12 bits per heavy atom. The minimum Gasteiger partial charge on any atom is -0.493 e. The molecule has 0 radical (unpaired) electrons. The Labute approximate surface area is 151 Å². The second kappa shape index (κ2) is 9.04. The zero-order valence-electron chi connectivity index (χ0n) is 14.9. The van der Waals surface area contributed by atoms with Crippen molar-refractivity contribution in [2.45, 2.75) is 19.0 Å². The molecule has 0 bridgehead atoms. The number of carbonyl (C=O) groups is 3. The summed E-state index contributed by atoms with van der Waals surface area (Å²) in [7, 11) is 3.11. The number of ether oxygens (including phenoxy) is 2. The van der Waals surface area contributed by atoms with Crippen LogP contribution in [-0.4, -0.2) is 62.5 Å². The summed E-state index contributed by atoms with van der Waals surface area (Å²) in [5, 5.41) is 5.17. The van der Waals surface area contributed by atoms with Gasteiger partial charge < -0.3 is 25.8 Å². The van der Waals surface area contributed by atoms with Crippen molar-refractivity contribution in [2.24, 2.45) is 5.73 Å². The van der Waals surface area contributed by atoms with Crippen LogP contribution in [0.3, 0.4) is 0 Å². The number of carbonyl (C=O) groups excluding carboxylic acids is 3. The monoisotopic (exact) mass is 364 g/mol. The Balaban J connectivity index is 2.14. The van der Waals surface area contributed by atoms with Gasteiger partial charge in [-0.2, -0.15) is 0 Å². The molecule has 1 aromatic carbocycles. The van der Waals surface area contributed by atoms with Gasteiger partial charge in [-0.15, -0.1) is 0 Å². The number of methoxy groups -OCH3 is 2. The summed E-state index contributed by atoms with van der Waals surface area (Å²) >= 11 is 0. The van der Waals surface area contributed by atoms with Gasteiger partial charge in [0.1, 0.15) is 0 Å². The van der Waals surface area contributed by atoms with Crippen molar-refractivity contribution in [2.75, 3.05) is 33.9 Å². The van der Waals surface area contributed by atoms with E-state index in [2.05, 4.69) is 10.6 Å². The molecule has 1 fully saturated rings. The van der Waals surface area contributed by atoms with Gasteiger partial charge in [0.05, 0.1) is 33.2 Å². The number of para-hydroxylation sites is 1. The fraction of sp³-hybridized carbons (Fsp3) is 0.471. The zero-order valence-corrected chi connectivity index (χ0v) is 14.9. The van der Waals surface area contributed by atoms with Gasteiger partial charge in [-0.25, -0.2) is 0 Å². The molecule has 142 valence electrons. The Morgan fingerprint density at radius 1 is 1.35 bits per heavy atom. The Hall–Kier alpha value is -2.81. The SMILES string of the molecule is COc1cccc(CN2CCNC(=O)[C@@H]2CC(=O)NCC(N)=O)c1OC. The summed E-state index contributed by atoms with van der Waals surface area (Å²) in [4.78, 5) is 37.0. The molecular weight excluding hydrogens is 340 g/mol. The molecule has 1 aromatic rings. The lowest BCUT2D eigenvalue weighted by Crippen LogP contribution is -2.56. The van der Waals surface area contributed by atoms with E-state index in [4.69, 9.17) is 15.2 Å². The number of rotatable bonds is 8. The van der Waals surface area contributed by atoms with Crippen LogP contribution in [0.15, 0.2) is 18.2 Å². The van der Waals surface area contributed by atoms with Crippen LogP contribution in [0.2, 0.25) is 0 Å². The first-order valence-corrected chi connectivity index (χ1v) is 8.23. The van der Waals surface area contributed by atoms with Crippen molar-refractivity contribution in [1.29, 1.82) is 0 Å². The average molecular weight is 364 g/mol. The molecule has 0 aromatic heterocycles. The smallest absolute Gasteiger partial charge is 0.237 e. The second-order valence-electron chi connectivity index (χ2n) is 5.88. The van der Waals surface area contributed by atoms with Crippen LogP contribution in [0.5, 0.6) is 11.5 Å². The molecule has 1 saturated heterocycles. The molecule has 9 heteroatoms. The number of hydrogen-bond acceptors (Lipinski definition) is 6. The highest BCUT2D eigenvalue weighted by Gasteiger charge is 2.32. The van der Waals surface area contributed by atoms with Gasteiger partial charge in [-0.3, -0.25) is 19.3 Å². The molecule has 0 unspecified atom stereocenters. The molecule has 1 atom stereocenters. The molecule has 2 rings (SSSR count). The van der Waals surface area contributed by atoms with Crippen molar-refractivity contribution in [1.82, 2.24) is 15.5 Å². The molecule has 9 nitrogen and oxygen atoms in total. The maximum Gasteiger partial charge on any atom is 0.237 e. The number of nitrogens with zero attached hydrogens (tertiary/aromatic N) is 1. The van der Waals surface area contributed by atoms with Crippen LogP contribution in [0.25, 0.3) is 0 Å². The zero-order chi connectivity index (χ0) is 19.1. The van der Waals surface area contributed by atoms with Crippen LogP contribution in [0.1, 0.15) is 12.0 Å². The number of benzene rings is 1. The van der Waals surface area contributed by atoms with E-state index in [1.807, 2.05) is 17.0 Å². The molecular formula is C17H24N4O5. The van der Waals surface area contributed by atoms with Crippen molar-refractivity contribution in [3.05, 3.63) is 23.8 Å². The lowest BCUT2D eigenvalue weighted by molar-refractivity contribution is -0.134. The molecule has 0 saturated carbocycles. The van der Waals surface area contributed by atoms with Crippen molar-refractivity contribution >= 4 is 17.7 Å². The van der Waals surface area contributed by atoms with E-state index in [9.17, 15) is 14.4 Å².